The van der Waals surface area contributed by atoms with E-state index in [1.54, 1.807) is 6.92 Å². The highest BCUT2D eigenvalue weighted by molar-refractivity contribution is 8.01. The molecule has 7 nitrogen and oxygen atoms in total. The van der Waals surface area contributed by atoms with Crippen molar-refractivity contribution >= 4 is 41.3 Å². The third-order valence-corrected chi connectivity index (χ3v) is 4.50. The fraction of sp³-hybridized carbons (Fsp3) is 0.615. The predicted molar refractivity (Wildman–Crippen MR) is 95.4 cm³/mol. The van der Waals surface area contributed by atoms with Gasteiger partial charge in [-0.3, -0.25) is 5.10 Å². The van der Waals surface area contributed by atoms with E-state index < -0.39 is 12.1 Å². The van der Waals surface area contributed by atoms with Crippen LogP contribution in [-0.4, -0.2) is 77.0 Å². The number of nitrogens with zero attached hydrogens (tertiary/aromatic N) is 2. The van der Waals surface area contributed by atoms with Crippen molar-refractivity contribution in [3.05, 3.63) is 16.1 Å². The number of nitrogens with one attached hydrogen (secondary N) is 1. The van der Waals surface area contributed by atoms with E-state index >= 15 is 0 Å². The van der Waals surface area contributed by atoms with Gasteiger partial charge in [0.2, 0.25) is 0 Å². The first-order valence-electron chi connectivity index (χ1n) is 6.70. The number of rotatable bonds is 8. The number of aromatic nitrogens is 2. The van der Waals surface area contributed by atoms with Crippen LogP contribution < -0.4 is 0 Å². The fourth-order valence-corrected chi connectivity index (χ4v) is 3.00. The minimum atomic E-state index is -0.735. The molecule has 1 atom stereocenters. The molecule has 10 heteroatoms. The monoisotopic (exact) mass is 381 g/mol. The summed E-state index contributed by atoms with van der Waals surface area (Å²) in [4.78, 5) is 13.0. The molecule has 1 heterocycles. The van der Waals surface area contributed by atoms with Gasteiger partial charge in [0.05, 0.1) is 12.7 Å². The summed E-state index contributed by atoms with van der Waals surface area (Å²) >= 11 is 7.56. The summed E-state index contributed by atoms with van der Waals surface area (Å²) in [6, 6.07) is 0. The second-order valence-electron chi connectivity index (χ2n) is 4.75. The summed E-state index contributed by atoms with van der Waals surface area (Å²) in [5.41, 5.74) is 0.315. The van der Waals surface area contributed by atoms with E-state index in [1.807, 2.05) is 19.0 Å². The number of aliphatic hydroxyl groups is 2. The Balaban J connectivity index is 0.000000688. The molecule has 1 rings (SSSR count). The Morgan fingerprint density at radius 1 is 1.61 bits per heavy atom. The Kier molecular flexibility index (Phi) is 12.2. The van der Waals surface area contributed by atoms with Crippen LogP contribution in [0, 0.1) is 3.95 Å². The molecule has 0 aliphatic rings. The predicted octanol–water partition coefficient (Wildman–Crippen LogP) is 1.31. The highest BCUT2D eigenvalue weighted by Crippen LogP contribution is 2.20. The average Bonchev–Trinajstić information content (AvgIpc) is 2.88. The lowest BCUT2D eigenvalue weighted by molar-refractivity contribution is -0.141. The Morgan fingerprint density at radius 2 is 2.26 bits per heavy atom. The number of hydrogen-bond donors (Lipinski definition) is 3. The van der Waals surface area contributed by atoms with Gasteiger partial charge < -0.3 is 19.8 Å². The van der Waals surface area contributed by atoms with Crippen molar-refractivity contribution in [1.29, 1.82) is 0 Å². The zero-order valence-corrected chi connectivity index (χ0v) is 15.9. The minimum Gasteiger partial charge on any atom is -0.460 e. The zero-order chi connectivity index (χ0) is 17.8. The molecule has 132 valence electrons. The SMILES string of the molecule is C=C(C)C(=O)OCC(O)CSc1n[nH]c(=S)s1.CN(C)CCO. The van der Waals surface area contributed by atoms with Crippen LogP contribution in [0.3, 0.4) is 0 Å². The molecule has 0 saturated heterocycles. The van der Waals surface area contributed by atoms with Gasteiger partial charge >= 0.3 is 5.97 Å². The molecular weight excluding hydrogens is 358 g/mol. The summed E-state index contributed by atoms with van der Waals surface area (Å²) in [6.07, 6.45) is -0.735. The number of likely N-dealkylation sites (N-methyl/N-ethyl adjacent to an activating group) is 1. The number of thioether (sulfide) groups is 1. The van der Waals surface area contributed by atoms with Crippen LogP contribution in [0.15, 0.2) is 16.5 Å². The first-order chi connectivity index (χ1) is 10.8. The lowest BCUT2D eigenvalue weighted by Gasteiger charge is -2.09. The molecule has 0 fully saturated rings. The molecule has 1 unspecified atom stereocenters. The Hall–Kier alpha value is -0.780. The van der Waals surface area contributed by atoms with E-state index in [4.69, 9.17) is 22.1 Å². The molecule has 0 amide bonds. The first kappa shape index (κ1) is 22.2. The van der Waals surface area contributed by atoms with Crippen molar-refractivity contribution in [2.45, 2.75) is 17.4 Å². The molecular formula is C13H23N3O4S3. The van der Waals surface area contributed by atoms with Gasteiger partial charge in [-0.15, -0.1) is 0 Å². The maximum atomic E-state index is 11.1. The maximum absolute atomic E-state index is 11.1. The highest BCUT2D eigenvalue weighted by Gasteiger charge is 2.10. The molecule has 0 saturated carbocycles. The third kappa shape index (κ3) is 12.3. The summed E-state index contributed by atoms with van der Waals surface area (Å²) in [5.74, 6) is -0.107. The van der Waals surface area contributed by atoms with Crippen molar-refractivity contribution < 1.29 is 19.7 Å². The Morgan fingerprint density at radius 3 is 2.65 bits per heavy atom. The summed E-state index contributed by atoms with van der Waals surface area (Å²) in [7, 11) is 3.85. The van der Waals surface area contributed by atoms with Gasteiger partial charge in [-0.2, -0.15) is 5.10 Å². The number of H-pyrrole nitrogens is 1. The topological polar surface area (TPSA) is 98.7 Å². The lowest BCUT2D eigenvalue weighted by atomic mass is 10.3. The van der Waals surface area contributed by atoms with E-state index in [0.29, 0.717) is 15.3 Å². The van der Waals surface area contributed by atoms with Gasteiger partial charge in [0, 0.05) is 17.9 Å². The van der Waals surface area contributed by atoms with Gasteiger partial charge in [0.15, 0.2) is 8.29 Å². The Labute approximate surface area is 149 Å². The van der Waals surface area contributed by atoms with Crippen LogP contribution in [0.5, 0.6) is 0 Å². The minimum absolute atomic E-state index is 0.0471. The second-order valence-corrected chi connectivity index (χ2v) is 7.68. The van der Waals surface area contributed by atoms with Gasteiger partial charge in [0.1, 0.15) is 6.61 Å². The second kappa shape index (κ2) is 12.6. The summed E-state index contributed by atoms with van der Waals surface area (Å²) in [5, 5.41) is 24.3. The molecule has 0 aromatic carbocycles. The molecule has 0 aliphatic carbocycles. The first-order valence-corrected chi connectivity index (χ1v) is 8.91. The number of ether oxygens (including phenoxy) is 1. The largest absolute Gasteiger partial charge is 0.460 e. The third-order valence-electron chi connectivity index (χ3n) is 2.12. The number of carbonyl (C=O) groups excluding carboxylic acids is 1. The fourth-order valence-electron chi connectivity index (χ4n) is 0.989. The Bertz CT molecular complexity index is 531. The number of hydrogen-bond acceptors (Lipinski definition) is 9. The molecule has 23 heavy (non-hydrogen) atoms. The number of aromatic amines is 1. The van der Waals surface area contributed by atoms with Crippen molar-refractivity contribution in [3.63, 3.8) is 0 Å². The maximum Gasteiger partial charge on any atom is 0.333 e. The molecule has 0 aliphatic heterocycles. The smallest absolute Gasteiger partial charge is 0.333 e. The molecule has 1 aromatic rings. The van der Waals surface area contributed by atoms with Crippen molar-refractivity contribution in [1.82, 2.24) is 15.1 Å². The van der Waals surface area contributed by atoms with Crippen molar-refractivity contribution in [3.8, 4) is 0 Å². The van der Waals surface area contributed by atoms with Crippen LogP contribution in [0.4, 0.5) is 0 Å². The van der Waals surface area contributed by atoms with Crippen LogP contribution in [0.25, 0.3) is 0 Å². The average molecular weight is 382 g/mol. The lowest BCUT2D eigenvalue weighted by Crippen LogP contribution is -2.21. The van der Waals surface area contributed by atoms with E-state index in [1.165, 1.54) is 23.1 Å². The zero-order valence-electron chi connectivity index (χ0n) is 13.4. The van der Waals surface area contributed by atoms with Crippen LogP contribution >= 0.6 is 35.3 Å². The normalized spacial score (nSPS) is 11.6. The van der Waals surface area contributed by atoms with Gasteiger partial charge in [-0.05, 0) is 33.2 Å². The van der Waals surface area contributed by atoms with Crippen LogP contribution in [0.1, 0.15) is 6.92 Å². The highest BCUT2D eigenvalue weighted by atomic mass is 32.2. The van der Waals surface area contributed by atoms with Gasteiger partial charge in [-0.25, -0.2) is 4.79 Å². The standard InChI is InChI=1S/C9H12N2O3S3.C4H11NO/c1-5(2)7(13)14-3-6(12)4-16-9-11-10-8(15)17-9;1-5(2)3-4-6/h6,12H,1,3-4H2,2H3,(H,10,15);6H,3-4H2,1-2H3. The quantitative estimate of drug-likeness (QED) is 0.268. The molecule has 0 radical (unpaired) electrons. The van der Waals surface area contributed by atoms with E-state index in [9.17, 15) is 9.90 Å². The van der Waals surface area contributed by atoms with Crippen molar-refractivity contribution in [2.75, 3.05) is 39.6 Å². The number of carbonyl (C=O) groups is 1. The van der Waals surface area contributed by atoms with Crippen LogP contribution in [0.2, 0.25) is 0 Å². The van der Waals surface area contributed by atoms with Crippen molar-refractivity contribution in [2.24, 2.45) is 0 Å². The molecule has 0 spiro atoms. The molecule has 1 aromatic heterocycles. The summed E-state index contributed by atoms with van der Waals surface area (Å²) < 4.78 is 6.16. The van der Waals surface area contributed by atoms with E-state index in [-0.39, 0.29) is 13.2 Å². The summed E-state index contributed by atoms with van der Waals surface area (Å²) in [6.45, 7) is 5.97. The number of aliphatic hydroxyl groups excluding tert-OH is 2. The molecule has 3 N–H and O–H groups in total. The molecule has 0 bridgehead atoms. The van der Waals surface area contributed by atoms with Gasteiger partial charge in [-0.1, -0.05) is 29.7 Å². The van der Waals surface area contributed by atoms with E-state index in [0.717, 1.165) is 10.9 Å². The van der Waals surface area contributed by atoms with Gasteiger partial charge in [0.25, 0.3) is 0 Å². The van der Waals surface area contributed by atoms with Crippen LogP contribution in [-0.2, 0) is 9.53 Å². The number of esters is 1. The van der Waals surface area contributed by atoms with E-state index in [2.05, 4.69) is 16.8 Å².